The molecule has 1 atom stereocenters. The van der Waals surface area contributed by atoms with Crippen LogP contribution in [0.15, 0.2) is 41.3 Å². The van der Waals surface area contributed by atoms with Crippen molar-refractivity contribution in [2.24, 2.45) is 5.92 Å². The van der Waals surface area contributed by atoms with E-state index in [0.29, 0.717) is 11.6 Å². The zero-order valence-electron chi connectivity index (χ0n) is 18.5. The van der Waals surface area contributed by atoms with E-state index in [4.69, 9.17) is 0 Å². The number of aryl methyl sites for hydroxylation is 1. The van der Waals surface area contributed by atoms with E-state index in [1.54, 1.807) is 18.2 Å². The molecule has 1 aliphatic heterocycles. The summed E-state index contributed by atoms with van der Waals surface area (Å²) in [5.74, 6) is -0.425. The van der Waals surface area contributed by atoms with E-state index in [1.807, 2.05) is 36.9 Å². The van der Waals surface area contributed by atoms with Gasteiger partial charge in [0.25, 0.3) is 0 Å². The molecule has 1 aromatic heterocycles. The third-order valence-electron chi connectivity index (χ3n) is 6.18. The second-order valence-corrected chi connectivity index (χ2v) is 12.1. The number of fused-ring (bicyclic) bond motifs is 2. The van der Waals surface area contributed by atoms with E-state index in [9.17, 15) is 18.0 Å². The van der Waals surface area contributed by atoms with Crippen molar-refractivity contribution in [3.05, 3.63) is 47.5 Å². The van der Waals surface area contributed by atoms with Crippen molar-refractivity contribution >= 4 is 54.0 Å². The molecule has 3 aromatic rings. The van der Waals surface area contributed by atoms with E-state index in [-0.39, 0.29) is 40.8 Å². The molecule has 1 N–H and O–H groups in total. The Kier molecular flexibility index (Phi) is 5.49. The standard InChI is InChI=1S/C24H25N3O4S2/c1-14-3-7-19-21(11-14)32-24(25-19)26-22(28)9-10-33(30,31)18-6-8-20-17(13-18)12-15(2)27(20)23(29)16-4-5-16/h3,6-8,11,13,15-16H,4-5,9-10,12H2,1-2H3,(H,25,26,28)/t15-/m1/s1. The molecule has 0 radical (unpaired) electrons. The summed E-state index contributed by atoms with van der Waals surface area (Å²) in [4.78, 5) is 31.4. The quantitative estimate of drug-likeness (QED) is 0.570. The van der Waals surface area contributed by atoms with Gasteiger partial charge in [0, 0.05) is 24.1 Å². The number of anilines is 2. The molecular weight excluding hydrogens is 458 g/mol. The zero-order valence-corrected chi connectivity index (χ0v) is 20.1. The Balaban J connectivity index is 1.25. The number of nitrogens with one attached hydrogen (secondary N) is 1. The van der Waals surface area contributed by atoms with Gasteiger partial charge in [-0.1, -0.05) is 17.4 Å². The molecule has 172 valence electrons. The van der Waals surface area contributed by atoms with E-state index >= 15 is 0 Å². The first kappa shape index (κ1) is 22.0. The maximum atomic E-state index is 12.9. The molecule has 2 heterocycles. The highest BCUT2D eigenvalue weighted by Gasteiger charge is 2.39. The second kappa shape index (κ2) is 8.22. The lowest BCUT2D eigenvalue weighted by Gasteiger charge is -2.22. The van der Waals surface area contributed by atoms with Crippen LogP contribution in [0, 0.1) is 12.8 Å². The highest BCUT2D eigenvalue weighted by Crippen LogP contribution is 2.39. The number of amides is 2. The highest BCUT2D eigenvalue weighted by atomic mass is 32.2. The first-order valence-electron chi connectivity index (χ1n) is 11.1. The third-order valence-corrected chi connectivity index (χ3v) is 8.83. The van der Waals surface area contributed by atoms with Gasteiger partial charge in [-0.15, -0.1) is 0 Å². The first-order chi connectivity index (χ1) is 15.7. The summed E-state index contributed by atoms with van der Waals surface area (Å²) >= 11 is 1.37. The number of hydrogen-bond donors (Lipinski definition) is 1. The van der Waals surface area contributed by atoms with Crippen LogP contribution in [-0.2, 0) is 25.8 Å². The molecule has 33 heavy (non-hydrogen) atoms. The number of aromatic nitrogens is 1. The Hall–Kier alpha value is -2.78. The maximum absolute atomic E-state index is 12.9. The molecule has 2 aliphatic rings. The Bertz CT molecular complexity index is 1380. The van der Waals surface area contributed by atoms with E-state index in [1.165, 1.54) is 11.3 Å². The average molecular weight is 484 g/mol. The van der Waals surface area contributed by atoms with Crippen LogP contribution >= 0.6 is 11.3 Å². The summed E-state index contributed by atoms with van der Waals surface area (Å²) in [5.41, 5.74) is 3.59. The molecule has 0 spiro atoms. The Morgan fingerprint density at radius 1 is 1.18 bits per heavy atom. The fraction of sp³-hybridized carbons (Fsp3) is 0.375. The summed E-state index contributed by atoms with van der Waals surface area (Å²) in [6, 6.07) is 10.8. The number of carbonyl (C=O) groups is 2. The van der Waals surface area contributed by atoms with Crippen LogP contribution in [0.2, 0.25) is 0 Å². The largest absolute Gasteiger partial charge is 0.309 e. The van der Waals surface area contributed by atoms with Gasteiger partial charge in [-0.2, -0.15) is 0 Å². The SMILES string of the molecule is Cc1ccc2nc(NC(=O)CCS(=O)(=O)c3ccc4c(c3)C[C@@H](C)N4C(=O)C3CC3)sc2c1. The van der Waals surface area contributed by atoms with E-state index in [2.05, 4.69) is 10.3 Å². The normalized spacial score (nSPS) is 17.9. The molecule has 0 bridgehead atoms. The molecule has 1 saturated carbocycles. The van der Waals surface area contributed by atoms with Crippen LogP contribution in [0.25, 0.3) is 10.2 Å². The number of hydrogen-bond acceptors (Lipinski definition) is 6. The molecular formula is C24H25N3O4S2. The fourth-order valence-electron chi connectivity index (χ4n) is 4.28. The average Bonchev–Trinajstić information content (AvgIpc) is 3.46. The smallest absolute Gasteiger partial charge is 0.230 e. The number of rotatable bonds is 6. The predicted molar refractivity (Wildman–Crippen MR) is 129 cm³/mol. The summed E-state index contributed by atoms with van der Waals surface area (Å²) in [7, 11) is -3.64. The van der Waals surface area contributed by atoms with Gasteiger partial charge in [-0.25, -0.2) is 13.4 Å². The second-order valence-electron chi connectivity index (χ2n) is 8.93. The Labute approximate surface area is 196 Å². The highest BCUT2D eigenvalue weighted by molar-refractivity contribution is 7.91. The van der Waals surface area contributed by atoms with Gasteiger partial charge in [0.15, 0.2) is 15.0 Å². The predicted octanol–water partition coefficient (Wildman–Crippen LogP) is 4.09. The van der Waals surface area contributed by atoms with Crippen molar-refractivity contribution in [1.29, 1.82) is 0 Å². The van der Waals surface area contributed by atoms with E-state index in [0.717, 1.165) is 39.9 Å². The first-order valence-corrected chi connectivity index (χ1v) is 13.5. The molecule has 1 aliphatic carbocycles. The Morgan fingerprint density at radius 2 is 1.97 bits per heavy atom. The van der Waals surface area contributed by atoms with Crippen molar-refractivity contribution < 1.29 is 18.0 Å². The van der Waals surface area contributed by atoms with E-state index < -0.39 is 9.84 Å². The van der Waals surface area contributed by atoms with Crippen molar-refractivity contribution in [2.45, 2.75) is 50.5 Å². The van der Waals surface area contributed by atoms with Crippen molar-refractivity contribution in [2.75, 3.05) is 16.0 Å². The van der Waals surface area contributed by atoms with Crippen LogP contribution in [-0.4, -0.2) is 37.0 Å². The van der Waals surface area contributed by atoms with Gasteiger partial charge >= 0.3 is 0 Å². The lowest BCUT2D eigenvalue weighted by atomic mass is 10.1. The van der Waals surface area contributed by atoms with Gasteiger partial charge in [0.1, 0.15) is 0 Å². The minimum atomic E-state index is -3.64. The molecule has 2 amide bonds. The number of thiazole rings is 1. The van der Waals surface area contributed by atoms with Crippen LogP contribution in [0.4, 0.5) is 10.8 Å². The molecule has 0 saturated heterocycles. The van der Waals surface area contributed by atoms with Crippen LogP contribution in [0.1, 0.15) is 37.3 Å². The molecule has 5 rings (SSSR count). The van der Waals surface area contributed by atoms with Gasteiger partial charge in [0.05, 0.1) is 20.9 Å². The van der Waals surface area contributed by atoms with Crippen molar-refractivity contribution in [3.8, 4) is 0 Å². The third kappa shape index (κ3) is 4.39. The Morgan fingerprint density at radius 3 is 2.73 bits per heavy atom. The summed E-state index contributed by atoms with van der Waals surface area (Å²) in [6.45, 7) is 3.98. The van der Waals surface area contributed by atoms with Gasteiger partial charge in [-0.3, -0.25) is 9.59 Å². The van der Waals surface area contributed by atoms with Gasteiger partial charge in [-0.05, 0) is 74.6 Å². The molecule has 1 fully saturated rings. The maximum Gasteiger partial charge on any atom is 0.230 e. The lowest BCUT2D eigenvalue weighted by Crippen LogP contribution is -2.36. The number of nitrogens with zero attached hydrogens (tertiary/aromatic N) is 2. The molecule has 9 heteroatoms. The summed E-state index contributed by atoms with van der Waals surface area (Å²) in [5, 5.41) is 3.18. The van der Waals surface area contributed by atoms with Crippen molar-refractivity contribution in [3.63, 3.8) is 0 Å². The monoisotopic (exact) mass is 483 g/mol. The minimum absolute atomic E-state index is 0.0226. The lowest BCUT2D eigenvalue weighted by molar-refractivity contribution is -0.120. The summed E-state index contributed by atoms with van der Waals surface area (Å²) in [6.07, 6.45) is 2.34. The minimum Gasteiger partial charge on any atom is -0.309 e. The van der Waals surface area contributed by atoms with Gasteiger partial charge in [0.2, 0.25) is 11.8 Å². The van der Waals surface area contributed by atoms with Crippen LogP contribution < -0.4 is 10.2 Å². The van der Waals surface area contributed by atoms with Crippen LogP contribution in [0.5, 0.6) is 0 Å². The summed E-state index contributed by atoms with van der Waals surface area (Å²) < 4.78 is 26.8. The van der Waals surface area contributed by atoms with Crippen molar-refractivity contribution in [1.82, 2.24) is 4.98 Å². The number of carbonyl (C=O) groups excluding carboxylic acids is 2. The molecule has 0 unspecified atom stereocenters. The number of benzene rings is 2. The number of sulfone groups is 1. The molecule has 7 nitrogen and oxygen atoms in total. The van der Waals surface area contributed by atoms with Crippen LogP contribution in [0.3, 0.4) is 0 Å². The van der Waals surface area contributed by atoms with Gasteiger partial charge < -0.3 is 10.2 Å². The zero-order chi connectivity index (χ0) is 23.3. The topological polar surface area (TPSA) is 96.4 Å². The molecule has 2 aromatic carbocycles. The fourth-order valence-corrected chi connectivity index (χ4v) is 6.54.